The second kappa shape index (κ2) is 12.4. The molecule has 0 saturated carbocycles. The van der Waals surface area contributed by atoms with Gasteiger partial charge in [-0.05, 0) is 84.7 Å². The summed E-state index contributed by atoms with van der Waals surface area (Å²) in [4.78, 5) is 36.1. The molecule has 2 N–H and O–H groups in total. The normalized spacial score (nSPS) is 15.7. The highest BCUT2D eigenvalue weighted by molar-refractivity contribution is 5.94. The van der Waals surface area contributed by atoms with Crippen LogP contribution in [0.1, 0.15) is 71.2 Å². The van der Waals surface area contributed by atoms with Gasteiger partial charge in [-0.2, -0.15) is 0 Å². The molecule has 37 heavy (non-hydrogen) atoms. The number of esters is 1. The highest BCUT2D eigenvalue weighted by Crippen LogP contribution is 2.22. The fourth-order valence-electron chi connectivity index (χ4n) is 4.10. The zero-order valence-corrected chi connectivity index (χ0v) is 22.9. The number of nitrogens with one attached hydrogen (secondary N) is 2. The van der Waals surface area contributed by atoms with Crippen molar-refractivity contribution >= 4 is 23.5 Å². The number of benzene rings is 1. The third-order valence-electron chi connectivity index (χ3n) is 5.75. The molecule has 3 rings (SSSR count). The van der Waals surface area contributed by atoms with Gasteiger partial charge >= 0.3 is 5.97 Å². The number of carbonyl (C=O) groups is 2. The molecule has 9 nitrogen and oxygen atoms in total. The van der Waals surface area contributed by atoms with Crippen LogP contribution in [0, 0.1) is 0 Å². The number of piperidine rings is 1. The van der Waals surface area contributed by atoms with Gasteiger partial charge in [-0.3, -0.25) is 4.79 Å². The molecule has 0 radical (unpaired) electrons. The van der Waals surface area contributed by atoms with Gasteiger partial charge < -0.3 is 25.0 Å². The van der Waals surface area contributed by atoms with Crippen molar-refractivity contribution in [2.24, 2.45) is 0 Å². The van der Waals surface area contributed by atoms with Gasteiger partial charge in [0.05, 0.1) is 5.60 Å². The average Bonchev–Trinajstić information content (AvgIpc) is 2.83. The Morgan fingerprint density at radius 3 is 2.19 bits per heavy atom. The molecule has 1 fully saturated rings. The van der Waals surface area contributed by atoms with E-state index in [4.69, 9.17) is 9.47 Å². The predicted molar refractivity (Wildman–Crippen MR) is 145 cm³/mol. The number of ether oxygens (including phenoxy) is 2. The minimum atomic E-state index is -0.757. The fourth-order valence-corrected chi connectivity index (χ4v) is 4.10. The Morgan fingerprint density at radius 1 is 1.00 bits per heavy atom. The smallest absolute Gasteiger partial charge is 0.335 e. The zero-order valence-electron chi connectivity index (χ0n) is 22.9. The lowest BCUT2D eigenvalue weighted by molar-refractivity contribution is -0.177. The van der Waals surface area contributed by atoms with Gasteiger partial charge in [0, 0.05) is 55.7 Å². The summed E-state index contributed by atoms with van der Waals surface area (Å²) in [6.07, 6.45) is 5.01. The van der Waals surface area contributed by atoms with Crippen LogP contribution in [0.5, 0.6) is 0 Å². The van der Waals surface area contributed by atoms with Crippen molar-refractivity contribution in [3.05, 3.63) is 48.3 Å². The van der Waals surface area contributed by atoms with Crippen LogP contribution in [-0.2, 0) is 14.3 Å². The van der Waals surface area contributed by atoms with Crippen LogP contribution in [0.15, 0.2) is 42.7 Å². The van der Waals surface area contributed by atoms with E-state index in [0.717, 1.165) is 31.6 Å². The molecule has 2 heterocycles. The van der Waals surface area contributed by atoms with Crippen molar-refractivity contribution < 1.29 is 19.1 Å². The number of anilines is 2. The SMILES string of the molecule is CC(C)(C)OC(=O)[C@H](CCNC(=O)c1ccc(N2CCC(Nc3ncccn3)CC2)cc1)OC(C)(C)C. The molecule has 0 spiro atoms. The Morgan fingerprint density at radius 2 is 1.62 bits per heavy atom. The third kappa shape index (κ3) is 9.64. The van der Waals surface area contributed by atoms with Crippen molar-refractivity contribution in [1.29, 1.82) is 0 Å². The topological polar surface area (TPSA) is 106 Å². The summed E-state index contributed by atoms with van der Waals surface area (Å²) in [5.41, 5.74) is 0.548. The first-order chi connectivity index (χ1) is 17.4. The molecule has 0 aliphatic carbocycles. The van der Waals surface area contributed by atoms with Crippen LogP contribution in [0.25, 0.3) is 0 Å². The van der Waals surface area contributed by atoms with Gasteiger partial charge in [0.25, 0.3) is 5.91 Å². The highest BCUT2D eigenvalue weighted by Gasteiger charge is 2.29. The Labute approximate surface area is 220 Å². The molecule has 1 atom stereocenters. The first-order valence-corrected chi connectivity index (χ1v) is 13.0. The number of amides is 1. The van der Waals surface area contributed by atoms with Gasteiger partial charge in [0.1, 0.15) is 5.60 Å². The summed E-state index contributed by atoms with van der Waals surface area (Å²) in [6.45, 7) is 13.3. The summed E-state index contributed by atoms with van der Waals surface area (Å²) in [6, 6.07) is 9.79. The summed E-state index contributed by atoms with van der Waals surface area (Å²) >= 11 is 0. The molecule has 1 saturated heterocycles. The molecule has 202 valence electrons. The minimum Gasteiger partial charge on any atom is -0.458 e. The van der Waals surface area contributed by atoms with Crippen molar-refractivity contribution in [3.63, 3.8) is 0 Å². The molecule has 0 bridgehead atoms. The van der Waals surface area contributed by atoms with E-state index in [2.05, 4.69) is 25.5 Å². The van der Waals surface area contributed by atoms with E-state index in [1.165, 1.54) is 0 Å². The van der Waals surface area contributed by atoms with Gasteiger partial charge in [0.2, 0.25) is 5.95 Å². The fraction of sp³-hybridized carbons (Fsp3) is 0.571. The van der Waals surface area contributed by atoms with Gasteiger partial charge in [-0.25, -0.2) is 14.8 Å². The van der Waals surface area contributed by atoms with E-state index in [1.54, 1.807) is 18.5 Å². The van der Waals surface area contributed by atoms with Crippen LogP contribution in [-0.4, -0.2) is 64.8 Å². The third-order valence-corrected chi connectivity index (χ3v) is 5.75. The number of hydrogen-bond donors (Lipinski definition) is 2. The van der Waals surface area contributed by atoms with Crippen LogP contribution in [0.3, 0.4) is 0 Å². The van der Waals surface area contributed by atoms with E-state index in [1.807, 2.05) is 65.8 Å². The number of carbonyl (C=O) groups excluding carboxylic acids is 2. The number of rotatable bonds is 9. The van der Waals surface area contributed by atoms with E-state index < -0.39 is 23.3 Å². The number of hydrogen-bond acceptors (Lipinski definition) is 8. The average molecular weight is 512 g/mol. The Hall–Kier alpha value is -3.20. The maximum absolute atomic E-state index is 12.7. The monoisotopic (exact) mass is 511 g/mol. The molecular weight excluding hydrogens is 470 g/mol. The Bertz CT molecular complexity index is 1010. The summed E-state index contributed by atoms with van der Waals surface area (Å²) < 4.78 is 11.4. The largest absolute Gasteiger partial charge is 0.458 e. The summed E-state index contributed by atoms with van der Waals surface area (Å²) in [5.74, 6) is 0.0611. The van der Waals surface area contributed by atoms with Crippen LogP contribution >= 0.6 is 0 Å². The summed E-state index contributed by atoms with van der Waals surface area (Å²) in [7, 11) is 0. The molecule has 2 aromatic rings. The minimum absolute atomic E-state index is 0.184. The Kier molecular flexibility index (Phi) is 9.48. The van der Waals surface area contributed by atoms with Gasteiger partial charge in [-0.15, -0.1) is 0 Å². The lowest BCUT2D eigenvalue weighted by Crippen LogP contribution is -2.40. The maximum Gasteiger partial charge on any atom is 0.335 e. The van der Waals surface area contributed by atoms with Crippen molar-refractivity contribution in [2.45, 2.75) is 84.2 Å². The van der Waals surface area contributed by atoms with Crippen molar-refractivity contribution in [3.8, 4) is 0 Å². The first kappa shape index (κ1) is 28.4. The second-order valence-electron chi connectivity index (χ2n) is 11.3. The number of nitrogens with zero attached hydrogens (tertiary/aromatic N) is 3. The van der Waals surface area contributed by atoms with Crippen molar-refractivity contribution in [1.82, 2.24) is 15.3 Å². The second-order valence-corrected chi connectivity index (χ2v) is 11.3. The highest BCUT2D eigenvalue weighted by atomic mass is 16.6. The molecule has 1 aliphatic rings. The quantitative estimate of drug-likeness (QED) is 0.483. The van der Waals surface area contributed by atoms with Gasteiger partial charge in [-0.1, -0.05) is 0 Å². The predicted octanol–water partition coefficient (Wildman–Crippen LogP) is 4.20. The molecular formula is C28H41N5O4. The van der Waals surface area contributed by atoms with Crippen molar-refractivity contribution in [2.75, 3.05) is 29.9 Å². The zero-order chi connectivity index (χ0) is 27.1. The molecule has 0 unspecified atom stereocenters. The van der Waals surface area contributed by atoms with E-state index in [0.29, 0.717) is 30.5 Å². The Balaban J connectivity index is 1.47. The maximum atomic E-state index is 12.7. The van der Waals surface area contributed by atoms with Crippen LogP contribution < -0.4 is 15.5 Å². The van der Waals surface area contributed by atoms with Crippen LogP contribution in [0.4, 0.5) is 11.6 Å². The standard InChI is InChI=1S/C28H41N5O4/c1-27(2,3)36-23(25(35)37-28(4,5)6)12-17-29-24(34)20-8-10-22(11-9-20)33-18-13-21(14-19-33)32-26-30-15-7-16-31-26/h7-11,15-16,21,23H,12-14,17-19H2,1-6H3,(H,29,34)(H,30,31,32)/t23-/m0/s1. The molecule has 1 amide bonds. The van der Waals surface area contributed by atoms with E-state index in [9.17, 15) is 9.59 Å². The lowest BCUT2D eigenvalue weighted by atomic mass is 10.0. The van der Waals surface area contributed by atoms with Crippen LogP contribution in [0.2, 0.25) is 0 Å². The summed E-state index contributed by atoms with van der Waals surface area (Å²) in [5, 5.41) is 6.30. The molecule has 1 aliphatic heterocycles. The molecule has 1 aromatic heterocycles. The lowest BCUT2D eigenvalue weighted by Gasteiger charge is -2.34. The first-order valence-electron chi connectivity index (χ1n) is 13.0. The molecule has 1 aromatic carbocycles. The van der Waals surface area contributed by atoms with E-state index >= 15 is 0 Å². The molecule has 9 heteroatoms. The van der Waals surface area contributed by atoms with Gasteiger partial charge in [0.15, 0.2) is 6.10 Å². The van der Waals surface area contributed by atoms with E-state index in [-0.39, 0.29) is 5.91 Å². The number of aromatic nitrogens is 2.